The fourth-order valence-corrected chi connectivity index (χ4v) is 3.55. The topological polar surface area (TPSA) is 71.8 Å². The lowest BCUT2D eigenvalue weighted by molar-refractivity contribution is 0.0600. The first kappa shape index (κ1) is 23.2. The highest BCUT2D eigenvalue weighted by molar-refractivity contribution is 14.0. The number of piperidine rings is 1. The normalized spacial score (nSPS) is 19.4. The van der Waals surface area contributed by atoms with E-state index >= 15 is 0 Å². The quantitative estimate of drug-likeness (QED) is 0.289. The van der Waals surface area contributed by atoms with Crippen molar-refractivity contribution in [3.8, 4) is 0 Å². The van der Waals surface area contributed by atoms with Crippen LogP contribution in [0, 0.1) is 5.92 Å². The number of benzene rings is 1. The van der Waals surface area contributed by atoms with Crippen LogP contribution >= 0.6 is 24.0 Å². The number of esters is 1. The zero-order valence-corrected chi connectivity index (χ0v) is 19.6. The van der Waals surface area contributed by atoms with Crippen molar-refractivity contribution in [2.45, 2.75) is 32.9 Å². The summed E-state index contributed by atoms with van der Waals surface area (Å²) < 4.78 is 6.95. The molecule has 0 bridgehead atoms. The van der Waals surface area contributed by atoms with Crippen LogP contribution in [-0.2, 0) is 11.3 Å². The summed E-state index contributed by atoms with van der Waals surface area (Å²) in [5.74, 6) is 1.20. The Bertz CT molecular complexity index is 792. The molecule has 29 heavy (non-hydrogen) atoms. The predicted molar refractivity (Wildman–Crippen MR) is 125 cm³/mol. The second kappa shape index (κ2) is 11.2. The maximum absolute atomic E-state index is 11.6. The number of aliphatic imine (C=N–C) groups is 1. The molecule has 1 aromatic carbocycles. The second-order valence-corrected chi connectivity index (χ2v) is 7.15. The van der Waals surface area contributed by atoms with Crippen molar-refractivity contribution in [2.24, 2.45) is 10.9 Å². The van der Waals surface area contributed by atoms with Crippen LogP contribution in [0.1, 0.15) is 42.2 Å². The molecule has 0 radical (unpaired) electrons. The fourth-order valence-electron chi connectivity index (χ4n) is 3.55. The summed E-state index contributed by atoms with van der Waals surface area (Å²) in [7, 11) is 1.39. The van der Waals surface area contributed by atoms with Crippen molar-refractivity contribution in [1.29, 1.82) is 0 Å². The van der Waals surface area contributed by atoms with E-state index in [4.69, 9.17) is 9.73 Å². The molecule has 1 aliphatic rings. The van der Waals surface area contributed by atoms with E-state index in [2.05, 4.69) is 33.6 Å². The molecule has 2 atom stereocenters. The standard InChI is InChI=1S/C21H29N5O2.HI/c1-4-23-21(24-13-17-5-7-18(8-6-17)20(27)28-3)25-11-9-16(2)19(14-25)26-12-10-22-15-26;/h5-8,10,12,15-16,19H,4,9,11,13-14H2,1-3H3,(H,23,24);1H. The van der Waals surface area contributed by atoms with Crippen LogP contribution in [0.3, 0.4) is 0 Å². The van der Waals surface area contributed by atoms with Gasteiger partial charge in [-0.15, -0.1) is 24.0 Å². The number of hydrogen-bond donors (Lipinski definition) is 1. The van der Waals surface area contributed by atoms with Gasteiger partial charge in [0.2, 0.25) is 0 Å². The molecule has 1 aliphatic heterocycles. The third kappa shape index (κ3) is 5.94. The Morgan fingerprint density at radius 2 is 2.10 bits per heavy atom. The Hall–Kier alpha value is -2.10. The summed E-state index contributed by atoms with van der Waals surface area (Å²) in [6, 6.07) is 7.79. The Kier molecular flexibility index (Phi) is 8.94. The number of imidazole rings is 1. The summed E-state index contributed by atoms with van der Waals surface area (Å²) in [6.45, 7) is 7.66. The molecular weight excluding hydrogens is 481 g/mol. The van der Waals surface area contributed by atoms with Crippen LogP contribution in [0.4, 0.5) is 0 Å². The first-order chi connectivity index (χ1) is 13.6. The highest BCUT2D eigenvalue weighted by atomic mass is 127. The number of carbonyl (C=O) groups is 1. The minimum absolute atomic E-state index is 0. The maximum atomic E-state index is 11.6. The summed E-state index contributed by atoms with van der Waals surface area (Å²) in [5, 5.41) is 3.42. The minimum atomic E-state index is -0.323. The molecular formula is C21H30IN5O2. The zero-order chi connectivity index (χ0) is 19.9. The van der Waals surface area contributed by atoms with E-state index in [0.717, 1.165) is 37.6 Å². The number of likely N-dealkylation sites (tertiary alicyclic amines) is 1. The van der Waals surface area contributed by atoms with E-state index in [1.54, 1.807) is 12.1 Å². The second-order valence-electron chi connectivity index (χ2n) is 7.15. The van der Waals surface area contributed by atoms with Crippen LogP contribution < -0.4 is 5.32 Å². The van der Waals surface area contributed by atoms with Gasteiger partial charge < -0.3 is 19.5 Å². The smallest absolute Gasteiger partial charge is 0.337 e. The molecule has 3 rings (SSSR count). The van der Waals surface area contributed by atoms with Gasteiger partial charge in [-0.25, -0.2) is 14.8 Å². The van der Waals surface area contributed by atoms with Crippen LogP contribution in [0.5, 0.6) is 0 Å². The van der Waals surface area contributed by atoms with E-state index in [9.17, 15) is 4.79 Å². The summed E-state index contributed by atoms with van der Waals surface area (Å²) >= 11 is 0. The zero-order valence-electron chi connectivity index (χ0n) is 17.2. The van der Waals surface area contributed by atoms with E-state index in [1.165, 1.54) is 7.11 Å². The van der Waals surface area contributed by atoms with Gasteiger partial charge in [-0.2, -0.15) is 0 Å². The number of guanidine groups is 1. The summed E-state index contributed by atoms with van der Waals surface area (Å²) in [4.78, 5) is 22.9. The lowest BCUT2D eigenvalue weighted by atomic mass is 9.93. The molecule has 158 valence electrons. The SMILES string of the molecule is CCNC(=NCc1ccc(C(=O)OC)cc1)N1CCC(C)C(n2ccnc2)C1.I. The molecule has 0 saturated carbocycles. The van der Waals surface area contributed by atoms with Crippen LogP contribution in [0.25, 0.3) is 0 Å². The highest BCUT2D eigenvalue weighted by Gasteiger charge is 2.28. The van der Waals surface area contributed by atoms with Crippen molar-refractivity contribution >= 4 is 35.9 Å². The van der Waals surface area contributed by atoms with Gasteiger partial charge in [0.05, 0.1) is 31.6 Å². The largest absolute Gasteiger partial charge is 0.465 e. The van der Waals surface area contributed by atoms with Gasteiger partial charge >= 0.3 is 5.97 Å². The Balaban J connectivity index is 0.00000300. The molecule has 7 nitrogen and oxygen atoms in total. The number of rotatable bonds is 5. The van der Waals surface area contributed by atoms with Crippen molar-refractivity contribution in [3.63, 3.8) is 0 Å². The van der Waals surface area contributed by atoms with E-state index < -0.39 is 0 Å². The number of nitrogens with zero attached hydrogens (tertiary/aromatic N) is 4. The third-order valence-corrected chi connectivity index (χ3v) is 5.25. The molecule has 8 heteroatoms. The average Bonchev–Trinajstić information content (AvgIpc) is 3.26. The fraction of sp³-hybridized carbons (Fsp3) is 0.476. The lowest BCUT2D eigenvalue weighted by Crippen LogP contribution is -2.49. The van der Waals surface area contributed by atoms with Gasteiger partial charge in [-0.3, -0.25) is 0 Å². The highest BCUT2D eigenvalue weighted by Crippen LogP contribution is 2.27. The van der Waals surface area contributed by atoms with Gasteiger partial charge in [-0.1, -0.05) is 19.1 Å². The molecule has 2 aromatic rings. The molecule has 0 aliphatic carbocycles. The molecule has 1 fully saturated rings. The van der Waals surface area contributed by atoms with Crippen molar-refractivity contribution in [3.05, 3.63) is 54.1 Å². The van der Waals surface area contributed by atoms with Gasteiger partial charge in [0.15, 0.2) is 5.96 Å². The van der Waals surface area contributed by atoms with Gasteiger partial charge in [0.25, 0.3) is 0 Å². The van der Waals surface area contributed by atoms with E-state index in [1.807, 2.05) is 30.9 Å². The molecule has 1 N–H and O–H groups in total. The maximum Gasteiger partial charge on any atom is 0.337 e. The Morgan fingerprint density at radius 1 is 1.34 bits per heavy atom. The first-order valence-electron chi connectivity index (χ1n) is 9.80. The van der Waals surface area contributed by atoms with Gasteiger partial charge in [-0.05, 0) is 37.0 Å². The number of carbonyl (C=O) groups excluding carboxylic acids is 1. The molecule has 1 aromatic heterocycles. The summed E-state index contributed by atoms with van der Waals surface area (Å²) in [5.41, 5.74) is 1.61. The van der Waals surface area contributed by atoms with Gasteiger partial charge in [0.1, 0.15) is 0 Å². The molecule has 0 amide bonds. The minimum Gasteiger partial charge on any atom is -0.465 e. The van der Waals surface area contributed by atoms with E-state index in [0.29, 0.717) is 24.1 Å². The van der Waals surface area contributed by atoms with E-state index in [-0.39, 0.29) is 29.9 Å². The number of halogens is 1. The molecule has 1 saturated heterocycles. The lowest BCUT2D eigenvalue weighted by Gasteiger charge is -2.39. The van der Waals surface area contributed by atoms with Crippen LogP contribution in [-0.4, -0.2) is 53.1 Å². The van der Waals surface area contributed by atoms with Crippen molar-refractivity contribution in [2.75, 3.05) is 26.7 Å². The predicted octanol–water partition coefficient (Wildman–Crippen LogP) is 3.34. The number of hydrogen-bond acceptors (Lipinski definition) is 4. The third-order valence-electron chi connectivity index (χ3n) is 5.25. The Morgan fingerprint density at radius 3 is 2.72 bits per heavy atom. The Labute approximate surface area is 189 Å². The molecule has 2 heterocycles. The number of aromatic nitrogens is 2. The van der Waals surface area contributed by atoms with Crippen molar-refractivity contribution in [1.82, 2.24) is 19.8 Å². The molecule has 2 unspecified atom stereocenters. The van der Waals surface area contributed by atoms with Crippen LogP contribution in [0.15, 0.2) is 48.0 Å². The van der Waals surface area contributed by atoms with Crippen LogP contribution in [0.2, 0.25) is 0 Å². The first-order valence-corrected chi connectivity index (χ1v) is 9.80. The number of nitrogens with one attached hydrogen (secondary N) is 1. The van der Waals surface area contributed by atoms with Crippen molar-refractivity contribution < 1.29 is 9.53 Å². The number of methoxy groups -OCH3 is 1. The number of ether oxygens (including phenoxy) is 1. The average molecular weight is 511 g/mol. The monoisotopic (exact) mass is 511 g/mol. The molecule has 0 spiro atoms. The van der Waals surface area contributed by atoms with Gasteiger partial charge in [0, 0.05) is 32.0 Å². The summed E-state index contributed by atoms with van der Waals surface area (Å²) in [6.07, 6.45) is 6.89.